The number of aryl methyl sites for hydroxylation is 1. The molecule has 1 atom stereocenters. The third-order valence-corrected chi connectivity index (χ3v) is 5.17. The maximum atomic E-state index is 12.3. The Kier molecular flexibility index (Phi) is 5.73. The minimum atomic E-state index is -3.77. The lowest BCUT2D eigenvalue weighted by atomic mass is 10.1. The molecule has 0 aliphatic rings. The van der Waals surface area contributed by atoms with Gasteiger partial charge in [-0.25, -0.2) is 8.42 Å². The second-order valence-corrected chi connectivity index (χ2v) is 7.35. The van der Waals surface area contributed by atoms with Crippen LogP contribution < -0.4 is 4.72 Å². The zero-order valence-electron chi connectivity index (χ0n) is 11.8. The van der Waals surface area contributed by atoms with Crippen molar-refractivity contribution in [2.24, 2.45) is 5.92 Å². The van der Waals surface area contributed by atoms with Gasteiger partial charge in [0, 0.05) is 4.47 Å². The van der Waals surface area contributed by atoms with Crippen molar-refractivity contribution >= 4 is 31.9 Å². The molecule has 0 fully saturated rings. The third-order valence-electron chi connectivity index (χ3n) is 2.84. The lowest BCUT2D eigenvalue weighted by Gasteiger charge is -2.20. The molecule has 7 heteroatoms. The summed E-state index contributed by atoms with van der Waals surface area (Å²) in [5.74, 6) is -0.814. The molecular weight excluding hydrogens is 346 g/mol. The number of ether oxygens (including phenoxy) is 1. The minimum absolute atomic E-state index is 0.118. The quantitative estimate of drug-likeness (QED) is 0.814. The maximum Gasteiger partial charge on any atom is 0.324 e. The highest BCUT2D eigenvalue weighted by atomic mass is 79.9. The van der Waals surface area contributed by atoms with Crippen LogP contribution in [-0.4, -0.2) is 27.5 Å². The first-order valence-electron chi connectivity index (χ1n) is 6.05. The SMILES string of the molecule is COC(=O)C(NS(=O)(=O)c1ccc(Br)c(C)c1)C(C)C. The van der Waals surface area contributed by atoms with Crippen LogP contribution in [0.25, 0.3) is 0 Å². The average Bonchev–Trinajstić information content (AvgIpc) is 2.38. The van der Waals surface area contributed by atoms with Crippen molar-refractivity contribution < 1.29 is 17.9 Å². The number of esters is 1. The Morgan fingerprint density at radius 2 is 1.95 bits per heavy atom. The molecule has 0 saturated heterocycles. The Hall–Kier alpha value is -0.920. The fourth-order valence-corrected chi connectivity index (χ4v) is 3.27. The molecule has 0 aliphatic heterocycles. The Balaban J connectivity index is 3.09. The van der Waals surface area contributed by atoms with E-state index < -0.39 is 22.0 Å². The average molecular weight is 364 g/mol. The van der Waals surface area contributed by atoms with Crippen molar-refractivity contribution in [3.8, 4) is 0 Å². The van der Waals surface area contributed by atoms with Gasteiger partial charge in [-0.3, -0.25) is 4.79 Å². The number of carbonyl (C=O) groups excluding carboxylic acids is 1. The Morgan fingerprint density at radius 1 is 1.35 bits per heavy atom. The van der Waals surface area contributed by atoms with Gasteiger partial charge < -0.3 is 4.74 Å². The molecule has 1 aromatic carbocycles. The third kappa shape index (κ3) is 4.04. The zero-order chi connectivity index (χ0) is 15.5. The summed E-state index contributed by atoms with van der Waals surface area (Å²) in [6.45, 7) is 5.29. The molecule has 112 valence electrons. The van der Waals surface area contributed by atoms with Crippen LogP contribution in [0.3, 0.4) is 0 Å². The molecule has 0 radical (unpaired) electrons. The van der Waals surface area contributed by atoms with Crippen LogP contribution >= 0.6 is 15.9 Å². The fourth-order valence-electron chi connectivity index (χ4n) is 1.60. The van der Waals surface area contributed by atoms with Crippen LogP contribution in [-0.2, 0) is 19.6 Å². The molecule has 1 unspecified atom stereocenters. The Morgan fingerprint density at radius 3 is 2.40 bits per heavy atom. The van der Waals surface area contributed by atoms with Crippen LogP contribution in [0.4, 0.5) is 0 Å². The van der Waals surface area contributed by atoms with Crippen molar-refractivity contribution in [3.05, 3.63) is 28.2 Å². The standard InChI is InChI=1S/C13H18BrNO4S/c1-8(2)12(13(16)19-4)15-20(17,18)10-5-6-11(14)9(3)7-10/h5-8,12,15H,1-4H3. The normalized spacial score (nSPS) is 13.3. The van der Waals surface area contributed by atoms with Gasteiger partial charge in [-0.2, -0.15) is 4.72 Å². The van der Waals surface area contributed by atoms with Crippen LogP contribution in [0, 0.1) is 12.8 Å². The van der Waals surface area contributed by atoms with Gasteiger partial charge >= 0.3 is 5.97 Å². The van der Waals surface area contributed by atoms with Gasteiger partial charge in [0.15, 0.2) is 0 Å². The number of hydrogen-bond acceptors (Lipinski definition) is 4. The Bertz CT molecular complexity index is 598. The van der Waals surface area contributed by atoms with E-state index in [0.717, 1.165) is 10.0 Å². The number of rotatable bonds is 5. The monoisotopic (exact) mass is 363 g/mol. The molecule has 0 saturated carbocycles. The van der Waals surface area contributed by atoms with E-state index in [2.05, 4.69) is 25.4 Å². The van der Waals surface area contributed by atoms with E-state index in [-0.39, 0.29) is 10.8 Å². The first-order chi connectivity index (χ1) is 9.19. The van der Waals surface area contributed by atoms with Crippen molar-refractivity contribution in [2.45, 2.75) is 31.7 Å². The number of sulfonamides is 1. The molecule has 1 aromatic rings. The zero-order valence-corrected chi connectivity index (χ0v) is 14.2. The van der Waals surface area contributed by atoms with E-state index in [9.17, 15) is 13.2 Å². The van der Waals surface area contributed by atoms with Crippen molar-refractivity contribution in [1.29, 1.82) is 0 Å². The van der Waals surface area contributed by atoms with Crippen molar-refractivity contribution in [3.63, 3.8) is 0 Å². The van der Waals surface area contributed by atoms with E-state index in [1.807, 2.05) is 0 Å². The number of benzene rings is 1. The first-order valence-corrected chi connectivity index (χ1v) is 8.33. The van der Waals surface area contributed by atoms with Crippen LogP contribution in [0.5, 0.6) is 0 Å². The van der Waals surface area contributed by atoms with E-state index in [0.29, 0.717) is 0 Å². The summed E-state index contributed by atoms with van der Waals surface area (Å²) in [6, 6.07) is 3.77. The summed E-state index contributed by atoms with van der Waals surface area (Å²) in [5, 5.41) is 0. The molecule has 0 heterocycles. The molecule has 0 aliphatic carbocycles. The first kappa shape index (κ1) is 17.1. The highest BCUT2D eigenvalue weighted by molar-refractivity contribution is 9.10. The number of hydrogen-bond donors (Lipinski definition) is 1. The second-order valence-electron chi connectivity index (χ2n) is 4.78. The second kappa shape index (κ2) is 6.69. The smallest absolute Gasteiger partial charge is 0.324 e. The molecule has 1 rings (SSSR count). The van der Waals surface area contributed by atoms with E-state index >= 15 is 0 Å². The van der Waals surface area contributed by atoms with Crippen LogP contribution in [0.1, 0.15) is 19.4 Å². The summed E-state index contributed by atoms with van der Waals surface area (Å²) in [5.41, 5.74) is 0.798. The van der Waals surface area contributed by atoms with Crippen molar-refractivity contribution in [2.75, 3.05) is 7.11 Å². The van der Waals surface area contributed by atoms with E-state index in [1.165, 1.54) is 13.2 Å². The summed E-state index contributed by atoms with van der Waals surface area (Å²) in [4.78, 5) is 11.7. The summed E-state index contributed by atoms with van der Waals surface area (Å²) < 4.78 is 32.4. The molecule has 0 bridgehead atoms. The summed E-state index contributed by atoms with van der Waals surface area (Å²) in [6.07, 6.45) is 0. The summed E-state index contributed by atoms with van der Waals surface area (Å²) >= 11 is 3.32. The molecule has 5 nitrogen and oxygen atoms in total. The highest BCUT2D eigenvalue weighted by Crippen LogP contribution is 2.20. The predicted octanol–water partition coefficient (Wildman–Crippen LogP) is 2.23. The van der Waals surface area contributed by atoms with Gasteiger partial charge in [0.2, 0.25) is 10.0 Å². The fraction of sp³-hybridized carbons (Fsp3) is 0.462. The van der Waals surface area contributed by atoms with Crippen LogP contribution in [0.15, 0.2) is 27.6 Å². The van der Waals surface area contributed by atoms with Gasteiger partial charge in [-0.15, -0.1) is 0 Å². The molecule has 20 heavy (non-hydrogen) atoms. The minimum Gasteiger partial charge on any atom is -0.468 e. The number of nitrogens with one attached hydrogen (secondary N) is 1. The van der Waals surface area contributed by atoms with Crippen LogP contribution in [0.2, 0.25) is 0 Å². The number of methoxy groups -OCH3 is 1. The maximum absolute atomic E-state index is 12.3. The van der Waals surface area contributed by atoms with Gasteiger partial charge in [-0.05, 0) is 36.6 Å². The van der Waals surface area contributed by atoms with E-state index in [4.69, 9.17) is 0 Å². The molecule has 0 aromatic heterocycles. The number of halogens is 1. The molecular formula is C13H18BrNO4S. The molecule has 1 N–H and O–H groups in total. The topological polar surface area (TPSA) is 72.5 Å². The largest absolute Gasteiger partial charge is 0.468 e. The van der Waals surface area contributed by atoms with E-state index in [1.54, 1.807) is 32.9 Å². The number of carbonyl (C=O) groups is 1. The predicted molar refractivity (Wildman–Crippen MR) is 79.8 cm³/mol. The molecule has 0 amide bonds. The highest BCUT2D eigenvalue weighted by Gasteiger charge is 2.29. The lowest BCUT2D eigenvalue weighted by molar-refractivity contribution is -0.143. The van der Waals surface area contributed by atoms with Gasteiger partial charge in [0.1, 0.15) is 6.04 Å². The Labute approximate surface area is 127 Å². The summed E-state index contributed by atoms with van der Waals surface area (Å²) in [7, 11) is -2.54. The van der Waals surface area contributed by atoms with Crippen molar-refractivity contribution in [1.82, 2.24) is 4.72 Å². The van der Waals surface area contributed by atoms with Gasteiger partial charge in [0.05, 0.1) is 12.0 Å². The lowest BCUT2D eigenvalue weighted by Crippen LogP contribution is -2.44. The van der Waals surface area contributed by atoms with Gasteiger partial charge in [0.25, 0.3) is 0 Å². The van der Waals surface area contributed by atoms with Gasteiger partial charge in [-0.1, -0.05) is 29.8 Å². The molecule has 0 spiro atoms.